The number of nitrogens with zero attached hydrogens (tertiary/aromatic N) is 1. The molecule has 0 radical (unpaired) electrons. The van der Waals surface area contributed by atoms with E-state index in [2.05, 4.69) is 10.6 Å². The van der Waals surface area contributed by atoms with E-state index in [1.54, 1.807) is 18.2 Å². The molecule has 1 saturated heterocycles. The van der Waals surface area contributed by atoms with E-state index >= 15 is 0 Å². The van der Waals surface area contributed by atoms with Gasteiger partial charge in [0.25, 0.3) is 5.91 Å². The van der Waals surface area contributed by atoms with Gasteiger partial charge in [-0.25, -0.2) is 0 Å². The summed E-state index contributed by atoms with van der Waals surface area (Å²) in [6, 6.07) is 3.46. The molecule has 1 aromatic rings. The smallest absolute Gasteiger partial charge is 0.326 e. The fourth-order valence-electron chi connectivity index (χ4n) is 3.60. The molecule has 1 aromatic carbocycles. The maximum atomic E-state index is 12.9. The molecule has 0 bridgehead atoms. The summed E-state index contributed by atoms with van der Waals surface area (Å²) in [4.78, 5) is 37.7. The van der Waals surface area contributed by atoms with Crippen molar-refractivity contribution in [2.45, 2.75) is 50.6 Å². The second-order valence-corrected chi connectivity index (χ2v) is 7.06. The lowest BCUT2D eigenvalue weighted by Crippen LogP contribution is -2.52. The molecule has 0 spiro atoms. The Morgan fingerprint density at radius 2 is 2.04 bits per heavy atom. The average molecular weight is 398 g/mol. The van der Waals surface area contributed by atoms with Gasteiger partial charge in [-0.1, -0.05) is 18.2 Å². The molecule has 2 aliphatic rings. The number of alkyl halides is 3. The predicted molar refractivity (Wildman–Crippen MR) is 92.8 cm³/mol. The largest absolute Gasteiger partial charge is 0.390 e. The second-order valence-electron chi connectivity index (χ2n) is 7.06. The SMILES string of the molecule is NC(CNCc1cccc2c1C(=O)N(C1CCC(=O)NC1=O)C2)CC(F)(F)F. The third-order valence-corrected chi connectivity index (χ3v) is 4.85. The van der Waals surface area contributed by atoms with Crippen molar-refractivity contribution < 1.29 is 27.6 Å². The van der Waals surface area contributed by atoms with Crippen molar-refractivity contribution in [3.63, 3.8) is 0 Å². The second kappa shape index (κ2) is 7.88. The lowest BCUT2D eigenvalue weighted by molar-refractivity contribution is -0.138. The van der Waals surface area contributed by atoms with Gasteiger partial charge in [-0.05, 0) is 17.5 Å². The zero-order valence-electron chi connectivity index (χ0n) is 15.0. The molecule has 2 heterocycles. The lowest BCUT2D eigenvalue weighted by Gasteiger charge is -2.29. The highest BCUT2D eigenvalue weighted by molar-refractivity contribution is 6.05. The van der Waals surface area contributed by atoms with E-state index in [9.17, 15) is 27.6 Å². The van der Waals surface area contributed by atoms with Crippen LogP contribution in [0.25, 0.3) is 0 Å². The highest BCUT2D eigenvalue weighted by Crippen LogP contribution is 2.29. The zero-order valence-corrected chi connectivity index (χ0v) is 15.0. The molecule has 3 amide bonds. The van der Waals surface area contributed by atoms with E-state index in [1.807, 2.05) is 0 Å². The van der Waals surface area contributed by atoms with Crippen molar-refractivity contribution in [2.75, 3.05) is 6.54 Å². The number of carbonyl (C=O) groups excluding carboxylic acids is 3. The summed E-state index contributed by atoms with van der Waals surface area (Å²) in [7, 11) is 0. The number of benzene rings is 1. The molecule has 2 atom stereocenters. The van der Waals surface area contributed by atoms with Crippen molar-refractivity contribution in [2.24, 2.45) is 5.73 Å². The van der Waals surface area contributed by atoms with Crippen LogP contribution in [0.15, 0.2) is 18.2 Å². The van der Waals surface area contributed by atoms with E-state index in [4.69, 9.17) is 5.73 Å². The highest BCUT2D eigenvalue weighted by atomic mass is 19.4. The Morgan fingerprint density at radius 1 is 1.29 bits per heavy atom. The van der Waals surface area contributed by atoms with Gasteiger partial charge in [0.2, 0.25) is 11.8 Å². The number of hydrogen-bond acceptors (Lipinski definition) is 5. The minimum Gasteiger partial charge on any atom is -0.326 e. The molecule has 28 heavy (non-hydrogen) atoms. The molecule has 2 aliphatic heterocycles. The molecule has 0 aromatic heterocycles. The number of hydrogen-bond donors (Lipinski definition) is 3. The quantitative estimate of drug-likeness (QED) is 0.616. The topological polar surface area (TPSA) is 105 Å². The van der Waals surface area contributed by atoms with Crippen molar-refractivity contribution in [1.82, 2.24) is 15.5 Å². The van der Waals surface area contributed by atoms with Crippen LogP contribution in [0.2, 0.25) is 0 Å². The maximum Gasteiger partial charge on any atom is 0.390 e. The summed E-state index contributed by atoms with van der Waals surface area (Å²) < 4.78 is 37.1. The first-order valence-electron chi connectivity index (χ1n) is 8.94. The Balaban J connectivity index is 1.66. The van der Waals surface area contributed by atoms with E-state index in [0.29, 0.717) is 11.1 Å². The first kappa shape index (κ1) is 20.3. The van der Waals surface area contributed by atoms with Crippen molar-refractivity contribution in [3.8, 4) is 0 Å². The van der Waals surface area contributed by atoms with Gasteiger partial charge in [0.05, 0.1) is 6.42 Å². The number of rotatable bonds is 6. The fourth-order valence-corrected chi connectivity index (χ4v) is 3.60. The van der Waals surface area contributed by atoms with Crippen LogP contribution in [0, 0.1) is 0 Å². The number of halogens is 3. The van der Waals surface area contributed by atoms with Crippen molar-refractivity contribution in [1.29, 1.82) is 0 Å². The Labute approximate surface area is 159 Å². The lowest BCUT2D eigenvalue weighted by atomic mass is 10.0. The van der Waals surface area contributed by atoms with Gasteiger partial charge in [-0.2, -0.15) is 13.2 Å². The molecule has 0 aliphatic carbocycles. The Kier molecular flexibility index (Phi) is 5.71. The van der Waals surface area contributed by atoms with Crippen LogP contribution in [0.4, 0.5) is 13.2 Å². The van der Waals surface area contributed by atoms with Gasteiger partial charge >= 0.3 is 6.18 Å². The van der Waals surface area contributed by atoms with E-state index in [0.717, 1.165) is 5.56 Å². The van der Waals surface area contributed by atoms with E-state index in [1.165, 1.54) is 4.90 Å². The molecule has 1 fully saturated rings. The van der Waals surface area contributed by atoms with Crippen LogP contribution in [-0.2, 0) is 22.7 Å². The molecule has 7 nitrogen and oxygen atoms in total. The number of fused-ring (bicyclic) bond motifs is 1. The zero-order chi connectivity index (χ0) is 20.5. The first-order valence-corrected chi connectivity index (χ1v) is 8.94. The summed E-state index contributed by atoms with van der Waals surface area (Å²) >= 11 is 0. The Hall–Kier alpha value is -2.46. The van der Waals surface area contributed by atoms with Crippen LogP contribution in [0.1, 0.15) is 40.7 Å². The molecule has 3 rings (SSSR count). The van der Waals surface area contributed by atoms with Gasteiger partial charge in [0.15, 0.2) is 0 Å². The third-order valence-electron chi connectivity index (χ3n) is 4.85. The van der Waals surface area contributed by atoms with Gasteiger partial charge in [0.1, 0.15) is 6.04 Å². The van der Waals surface area contributed by atoms with Crippen LogP contribution in [-0.4, -0.2) is 47.4 Å². The average Bonchev–Trinajstić information content (AvgIpc) is 2.91. The summed E-state index contributed by atoms with van der Waals surface area (Å²) in [5.41, 5.74) is 7.31. The number of nitrogens with two attached hydrogens (primary N) is 1. The molecule has 152 valence electrons. The summed E-state index contributed by atoms with van der Waals surface area (Å²) in [6.45, 7) is 0.389. The maximum absolute atomic E-state index is 12.9. The number of piperidine rings is 1. The normalized spacial score (nSPS) is 20.9. The highest BCUT2D eigenvalue weighted by Gasteiger charge is 2.39. The number of carbonyl (C=O) groups is 3. The fraction of sp³-hybridized carbons (Fsp3) is 0.500. The Bertz CT molecular complexity index is 797. The molecule has 0 saturated carbocycles. The number of nitrogens with one attached hydrogen (secondary N) is 2. The van der Waals surface area contributed by atoms with Crippen molar-refractivity contribution in [3.05, 3.63) is 34.9 Å². The summed E-state index contributed by atoms with van der Waals surface area (Å²) in [5.74, 6) is -1.16. The first-order chi connectivity index (χ1) is 13.2. The third kappa shape index (κ3) is 4.50. The minimum absolute atomic E-state index is 0.0474. The van der Waals surface area contributed by atoms with Crippen LogP contribution in [0.5, 0.6) is 0 Å². The molecule has 4 N–H and O–H groups in total. The van der Waals surface area contributed by atoms with Gasteiger partial charge < -0.3 is 16.0 Å². The monoisotopic (exact) mass is 398 g/mol. The number of amides is 3. The predicted octanol–water partition coefficient (Wildman–Crippen LogP) is 0.817. The summed E-state index contributed by atoms with van der Waals surface area (Å²) in [5, 5.41) is 5.11. The van der Waals surface area contributed by atoms with Crippen LogP contribution in [0.3, 0.4) is 0 Å². The van der Waals surface area contributed by atoms with Crippen LogP contribution >= 0.6 is 0 Å². The summed E-state index contributed by atoms with van der Waals surface area (Å²) in [6.07, 6.45) is -4.98. The van der Waals surface area contributed by atoms with Gasteiger partial charge in [-0.3, -0.25) is 19.7 Å². The molecular weight excluding hydrogens is 377 g/mol. The van der Waals surface area contributed by atoms with Gasteiger partial charge in [0, 0.05) is 37.7 Å². The molecule has 2 unspecified atom stereocenters. The number of imide groups is 1. The standard InChI is InChI=1S/C18H21F3N4O3/c19-18(20,21)6-12(22)8-23-7-10-2-1-3-11-9-25(17(28)15(10)11)13-4-5-14(26)24-16(13)27/h1-3,12-13,23H,4-9,22H2,(H,24,26,27). The minimum atomic E-state index is -4.33. The molecular formula is C18H21F3N4O3. The van der Waals surface area contributed by atoms with Crippen molar-refractivity contribution >= 4 is 17.7 Å². The Morgan fingerprint density at radius 3 is 2.71 bits per heavy atom. The van der Waals surface area contributed by atoms with Crippen LogP contribution < -0.4 is 16.4 Å². The molecule has 10 heteroatoms. The van der Waals surface area contributed by atoms with Gasteiger partial charge in [-0.15, -0.1) is 0 Å². The van der Waals surface area contributed by atoms with E-state index < -0.39 is 30.6 Å². The van der Waals surface area contributed by atoms with E-state index in [-0.39, 0.29) is 44.3 Å².